The van der Waals surface area contributed by atoms with Crippen molar-refractivity contribution in [1.29, 1.82) is 0 Å². The topological polar surface area (TPSA) is 73.2 Å². The summed E-state index contributed by atoms with van der Waals surface area (Å²) in [5.74, 6) is 1.29. The van der Waals surface area contributed by atoms with Crippen LogP contribution in [0.25, 0.3) is 10.9 Å². The summed E-state index contributed by atoms with van der Waals surface area (Å²) in [7, 11) is 1.64. The number of rotatable bonds is 4. The second kappa shape index (κ2) is 4.18. The Balaban J connectivity index is 2.16. The zero-order chi connectivity index (χ0) is 10.7. The number of aromatic nitrogens is 2. The molecule has 15 heavy (non-hydrogen) atoms. The van der Waals surface area contributed by atoms with Gasteiger partial charge < -0.3 is 15.2 Å². The second-order valence-electron chi connectivity index (χ2n) is 3.16. The fourth-order valence-electron chi connectivity index (χ4n) is 1.35. The van der Waals surface area contributed by atoms with Crippen molar-refractivity contribution in [3.8, 4) is 5.75 Å². The van der Waals surface area contributed by atoms with Gasteiger partial charge in [-0.15, -0.1) is 0 Å². The summed E-state index contributed by atoms with van der Waals surface area (Å²) < 4.78 is 10.3. The summed E-state index contributed by atoms with van der Waals surface area (Å²) in [5.41, 5.74) is 6.52. The van der Waals surface area contributed by atoms with E-state index in [-0.39, 0.29) is 0 Å². The first-order valence-electron chi connectivity index (χ1n) is 4.66. The third-order valence-corrected chi connectivity index (χ3v) is 2.12. The molecule has 80 valence electrons. The highest BCUT2D eigenvalue weighted by Gasteiger charge is 2.02. The molecule has 0 saturated heterocycles. The van der Waals surface area contributed by atoms with E-state index in [9.17, 15) is 0 Å². The van der Waals surface area contributed by atoms with Gasteiger partial charge in [0.25, 0.3) is 0 Å². The van der Waals surface area contributed by atoms with Gasteiger partial charge in [0.2, 0.25) is 0 Å². The molecule has 0 atom stereocenters. The lowest BCUT2D eigenvalue weighted by molar-refractivity contribution is 0.146. The summed E-state index contributed by atoms with van der Waals surface area (Å²) >= 11 is 0. The van der Waals surface area contributed by atoms with Crippen molar-refractivity contribution in [2.45, 2.75) is 0 Å². The smallest absolute Gasteiger partial charge is 0.153 e. The third kappa shape index (κ3) is 2.02. The maximum absolute atomic E-state index is 5.64. The molecule has 1 heterocycles. The molecule has 0 spiro atoms. The monoisotopic (exact) mass is 207 g/mol. The quantitative estimate of drug-likeness (QED) is 0.738. The van der Waals surface area contributed by atoms with Crippen LogP contribution in [0, 0.1) is 0 Å². The summed E-state index contributed by atoms with van der Waals surface area (Å²) in [4.78, 5) is 0. The molecule has 1 aromatic heterocycles. The number of anilines is 1. The number of aromatic amines is 1. The van der Waals surface area contributed by atoms with Gasteiger partial charge in [-0.2, -0.15) is 5.10 Å². The number of methoxy groups -OCH3 is 1. The molecule has 0 fully saturated rings. The Morgan fingerprint density at radius 1 is 1.40 bits per heavy atom. The van der Waals surface area contributed by atoms with Crippen LogP contribution in [0.5, 0.6) is 5.75 Å². The average Bonchev–Trinajstić information content (AvgIpc) is 2.61. The first-order valence-corrected chi connectivity index (χ1v) is 4.66. The molecule has 2 rings (SSSR count). The van der Waals surface area contributed by atoms with Gasteiger partial charge in [-0.1, -0.05) is 0 Å². The van der Waals surface area contributed by atoms with Crippen molar-refractivity contribution in [1.82, 2.24) is 10.2 Å². The van der Waals surface area contributed by atoms with Crippen LogP contribution in [0.15, 0.2) is 18.2 Å². The molecule has 0 saturated carbocycles. The first-order chi connectivity index (χ1) is 7.31. The maximum atomic E-state index is 5.64. The standard InChI is InChI=1S/C10H13N3O2/c1-14-4-5-15-7-2-3-8-9(6-7)12-13-10(8)11/h2-3,6H,4-5H2,1H3,(H3,11,12,13). The van der Waals surface area contributed by atoms with Gasteiger partial charge in [-0.05, 0) is 12.1 Å². The number of nitrogens with zero attached hydrogens (tertiary/aromatic N) is 1. The molecule has 0 unspecified atom stereocenters. The van der Waals surface area contributed by atoms with Crippen LogP contribution in [-0.2, 0) is 4.74 Å². The minimum absolute atomic E-state index is 0.508. The number of hydrogen-bond donors (Lipinski definition) is 2. The summed E-state index contributed by atoms with van der Waals surface area (Å²) in [5, 5.41) is 7.65. The van der Waals surface area contributed by atoms with Crippen LogP contribution in [-0.4, -0.2) is 30.5 Å². The zero-order valence-corrected chi connectivity index (χ0v) is 8.49. The molecule has 5 heteroatoms. The van der Waals surface area contributed by atoms with Gasteiger partial charge in [0.15, 0.2) is 5.82 Å². The van der Waals surface area contributed by atoms with Crippen LogP contribution in [0.1, 0.15) is 0 Å². The van der Waals surface area contributed by atoms with E-state index in [1.165, 1.54) is 0 Å². The second-order valence-corrected chi connectivity index (χ2v) is 3.16. The van der Waals surface area contributed by atoms with Gasteiger partial charge in [-0.3, -0.25) is 5.10 Å². The summed E-state index contributed by atoms with van der Waals surface area (Å²) in [6.45, 7) is 1.11. The molecule has 0 bridgehead atoms. The van der Waals surface area contributed by atoms with Gasteiger partial charge in [0.1, 0.15) is 12.4 Å². The van der Waals surface area contributed by atoms with Crippen molar-refractivity contribution >= 4 is 16.7 Å². The summed E-state index contributed by atoms with van der Waals surface area (Å²) in [6.07, 6.45) is 0. The van der Waals surface area contributed by atoms with E-state index in [2.05, 4.69) is 10.2 Å². The predicted molar refractivity (Wildman–Crippen MR) is 57.9 cm³/mol. The number of nitrogens with two attached hydrogens (primary N) is 1. The molecule has 0 aliphatic heterocycles. The largest absolute Gasteiger partial charge is 0.491 e. The predicted octanol–water partition coefficient (Wildman–Crippen LogP) is 1.17. The zero-order valence-electron chi connectivity index (χ0n) is 8.49. The van der Waals surface area contributed by atoms with E-state index in [0.717, 1.165) is 16.7 Å². The number of nitrogen functional groups attached to an aromatic ring is 1. The van der Waals surface area contributed by atoms with E-state index in [1.54, 1.807) is 7.11 Å². The van der Waals surface area contributed by atoms with Gasteiger partial charge >= 0.3 is 0 Å². The third-order valence-electron chi connectivity index (χ3n) is 2.12. The Kier molecular flexibility index (Phi) is 2.73. The van der Waals surface area contributed by atoms with Gasteiger partial charge in [-0.25, -0.2) is 0 Å². The average molecular weight is 207 g/mol. The van der Waals surface area contributed by atoms with Gasteiger partial charge in [0, 0.05) is 18.6 Å². The van der Waals surface area contributed by atoms with E-state index in [1.807, 2.05) is 18.2 Å². The highest BCUT2D eigenvalue weighted by atomic mass is 16.5. The lowest BCUT2D eigenvalue weighted by Gasteiger charge is -2.04. The van der Waals surface area contributed by atoms with E-state index >= 15 is 0 Å². The first kappa shape index (κ1) is 9.79. The highest BCUT2D eigenvalue weighted by molar-refractivity contribution is 5.89. The van der Waals surface area contributed by atoms with Crippen LogP contribution in [0.3, 0.4) is 0 Å². The number of ether oxygens (including phenoxy) is 2. The normalized spacial score (nSPS) is 10.7. The molecule has 0 radical (unpaired) electrons. The van der Waals surface area contributed by atoms with Crippen LogP contribution in [0.4, 0.5) is 5.82 Å². The van der Waals surface area contributed by atoms with E-state index in [4.69, 9.17) is 15.2 Å². The Morgan fingerprint density at radius 3 is 3.07 bits per heavy atom. The summed E-state index contributed by atoms with van der Waals surface area (Å²) in [6, 6.07) is 5.62. The lowest BCUT2D eigenvalue weighted by Crippen LogP contribution is -2.03. The molecule has 5 nitrogen and oxygen atoms in total. The van der Waals surface area contributed by atoms with Crippen molar-refractivity contribution in [3.05, 3.63) is 18.2 Å². The van der Waals surface area contributed by atoms with Crippen molar-refractivity contribution in [3.63, 3.8) is 0 Å². The fourth-order valence-corrected chi connectivity index (χ4v) is 1.35. The minimum Gasteiger partial charge on any atom is -0.491 e. The molecule has 0 aliphatic rings. The molecule has 2 aromatic rings. The Labute approximate surface area is 87.2 Å². The number of nitrogens with one attached hydrogen (secondary N) is 1. The van der Waals surface area contributed by atoms with E-state index < -0.39 is 0 Å². The molecular weight excluding hydrogens is 194 g/mol. The Bertz CT molecular complexity index is 453. The highest BCUT2D eigenvalue weighted by Crippen LogP contribution is 2.22. The Hall–Kier alpha value is -1.75. The number of fused-ring (bicyclic) bond motifs is 1. The number of benzene rings is 1. The molecule has 3 N–H and O–H groups in total. The lowest BCUT2D eigenvalue weighted by atomic mass is 10.2. The fraction of sp³-hybridized carbons (Fsp3) is 0.300. The molecule has 1 aromatic carbocycles. The van der Waals surface area contributed by atoms with Crippen LogP contribution >= 0.6 is 0 Å². The SMILES string of the molecule is COCCOc1ccc2c(N)n[nH]c2c1. The molecule has 0 aliphatic carbocycles. The Morgan fingerprint density at radius 2 is 2.27 bits per heavy atom. The number of H-pyrrole nitrogens is 1. The van der Waals surface area contributed by atoms with E-state index in [0.29, 0.717) is 19.0 Å². The molecule has 0 amide bonds. The van der Waals surface area contributed by atoms with Crippen molar-refractivity contribution in [2.75, 3.05) is 26.1 Å². The molecular formula is C10H13N3O2. The van der Waals surface area contributed by atoms with Gasteiger partial charge in [0.05, 0.1) is 12.1 Å². The minimum atomic E-state index is 0.508. The maximum Gasteiger partial charge on any atom is 0.153 e. The van der Waals surface area contributed by atoms with Crippen LogP contribution in [0.2, 0.25) is 0 Å². The van der Waals surface area contributed by atoms with Crippen molar-refractivity contribution in [2.24, 2.45) is 0 Å². The van der Waals surface area contributed by atoms with Crippen molar-refractivity contribution < 1.29 is 9.47 Å². The van der Waals surface area contributed by atoms with Crippen LogP contribution < -0.4 is 10.5 Å². The number of hydrogen-bond acceptors (Lipinski definition) is 4.